The van der Waals surface area contributed by atoms with Crippen molar-refractivity contribution < 1.29 is 9.63 Å². The highest BCUT2D eigenvalue weighted by Crippen LogP contribution is 2.11. The average Bonchev–Trinajstić information content (AvgIpc) is 2.46. The first-order valence-corrected chi connectivity index (χ1v) is 6.24. The summed E-state index contributed by atoms with van der Waals surface area (Å²) in [5.74, 6) is -0.0415. The van der Waals surface area contributed by atoms with E-state index in [9.17, 15) is 4.79 Å². The van der Waals surface area contributed by atoms with Gasteiger partial charge in [-0.25, -0.2) is 0 Å². The van der Waals surface area contributed by atoms with Gasteiger partial charge in [0.2, 0.25) is 0 Å². The van der Waals surface area contributed by atoms with Crippen LogP contribution in [0.1, 0.15) is 22.8 Å². The molecule has 0 aliphatic carbocycles. The SMILES string of the molecule is Cc1ccc(NOC(C)C(=O)c2ccccc2)cc1. The Hall–Kier alpha value is -2.13. The number of benzene rings is 2. The lowest BCUT2D eigenvalue weighted by Crippen LogP contribution is -2.23. The van der Waals surface area contributed by atoms with E-state index < -0.39 is 6.10 Å². The highest BCUT2D eigenvalue weighted by atomic mass is 16.7. The van der Waals surface area contributed by atoms with E-state index in [-0.39, 0.29) is 5.78 Å². The lowest BCUT2D eigenvalue weighted by molar-refractivity contribution is 0.0648. The Morgan fingerprint density at radius 1 is 1.05 bits per heavy atom. The first kappa shape index (κ1) is 13.3. The zero-order valence-corrected chi connectivity index (χ0v) is 11.1. The minimum absolute atomic E-state index is 0.0415. The summed E-state index contributed by atoms with van der Waals surface area (Å²) in [6.07, 6.45) is -0.538. The smallest absolute Gasteiger partial charge is 0.193 e. The second-order valence-corrected chi connectivity index (χ2v) is 4.46. The first-order chi connectivity index (χ1) is 9.16. The van der Waals surface area contributed by atoms with Gasteiger partial charge in [0.25, 0.3) is 0 Å². The maximum Gasteiger partial charge on any atom is 0.193 e. The molecule has 2 rings (SSSR count). The number of nitrogens with one attached hydrogen (secondary N) is 1. The van der Waals surface area contributed by atoms with Gasteiger partial charge in [0, 0.05) is 5.56 Å². The maximum atomic E-state index is 12.1. The van der Waals surface area contributed by atoms with Gasteiger partial charge in [0.15, 0.2) is 5.78 Å². The van der Waals surface area contributed by atoms with Gasteiger partial charge in [-0.15, -0.1) is 0 Å². The molecule has 19 heavy (non-hydrogen) atoms. The monoisotopic (exact) mass is 255 g/mol. The molecule has 0 aliphatic heterocycles. The van der Waals surface area contributed by atoms with Crippen LogP contribution < -0.4 is 5.48 Å². The number of rotatable bonds is 5. The number of hydrogen-bond donors (Lipinski definition) is 1. The summed E-state index contributed by atoms with van der Waals surface area (Å²) >= 11 is 0. The van der Waals surface area contributed by atoms with Crippen molar-refractivity contribution in [2.45, 2.75) is 20.0 Å². The minimum Gasteiger partial charge on any atom is -0.291 e. The van der Waals surface area contributed by atoms with Crippen molar-refractivity contribution in [3.63, 3.8) is 0 Å². The Balaban J connectivity index is 1.92. The van der Waals surface area contributed by atoms with Gasteiger partial charge in [-0.05, 0) is 26.0 Å². The molecule has 0 saturated carbocycles. The van der Waals surface area contributed by atoms with E-state index in [2.05, 4.69) is 5.48 Å². The number of hydrogen-bond acceptors (Lipinski definition) is 3. The number of ketones is 1. The summed E-state index contributed by atoms with van der Waals surface area (Å²) in [6.45, 7) is 3.75. The van der Waals surface area contributed by atoms with Crippen molar-refractivity contribution >= 4 is 11.5 Å². The number of anilines is 1. The Labute approximate surface area is 113 Å². The summed E-state index contributed by atoms with van der Waals surface area (Å²) < 4.78 is 0. The van der Waals surface area contributed by atoms with E-state index in [1.807, 2.05) is 49.4 Å². The second-order valence-electron chi connectivity index (χ2n) is 4.46. The molecule has 1 N–H and O–H groups in total. The molecule has 0 amide bonds. The zero-order chi connectivity index (χ0) is 13.7. The third kappa shape index (κ3) is 3.66. The molecule has 3 heteroatoms. The standard InChI is InChI=1S/C16H17NO2/c1-12-8-10-15(11-9-12)17-19-13(2)16(18)14-6-4-3-5-7-14/h3-11,13,17H,1-2H3. The predicted molar refractivity (Wildman–Crippen MR) is 76.1 cm³/mol. The van der Waals surface area contributed by atoms with Crippen LogP contribution in [0, 0.1) is 6.92 Å². The van der Waals surface area contributed by atoms with Crippen LogP contribution in [-0.2, 0) is 4.84 Å². The van der Waals surface area contributed by atoms with Crippen LogP contribution in [0.25, 0.3) is 0 Å². The molecule has 2 aromatic rings. The Morgan fingerprint density at radius 3 is 2.32 bits per heavy atom. The van der Waals surface area contributed by atoms with Crippen molar-refractivity contribution in [2.24, 2.45) is 0 Å². The molecule has 3 nitrogen and oxygen atoms in total. The Kier molecular flexibility index (Phi) is 4.31. The van der Waals surface area contributed by atoms with Crippen LogP contribution in [-0.4, -0.2) is 11.9 Å². The number of carbonyl (C=O) groups excluding carboxylic acids is 1. The Morgan fingerprint density at radius 2 is 1.68 bits per heavy atom. The third-order valence-electron chi connectivity index (χ3n) is 2.83. The molecule has 1 unspecified atom stereocenters. The van der Waals surface area contributed by atoms with Gasteiger partial charge >= 0.3 is 0 Å². The number of carbonyl (C=O) groups is 1. The molecule has 0 saturated heterocycles. The molecular weight excluding hydrogens is 238 g/mol. The van der Waals surface area contributed by atoms with Crippen molar-refractivity contribution in [3.8, 4) is 0 Å². The van der Waals surface area contributed by atoms with Crippen LogP contribution in [0.2, 0.25) is 0 Å². The third-order valence-corrected chi connectivity index (χ3v) is 2.83. The van der Waals surface area contributed by atoms with Gasteiger partial charge < -0.3 is 0 Å². The van der Waals surface area contributed by atoms with E-state index in [4.69, 9.17) is 4.84 Å². The second kappa shape index (κ2) is 6.16. The molecule has 0 heterocycles. The van der Waals surface area contributed by atoms with E-state index in [1.165, 1.54) is 5.56 Å². The quantitative estimate of drug-likeness (QED) is 0.655. The fourth-order valence-corrected chi connectivity index (χ4v) is 1.67. The summed E-state index contributed by atoms with van der Waals surface area (Å²) in [4.78, 5) is 17.4. The molecule has 0 fully saturated rings. The van der Waals surface area contributed by atoms with Crippen molar-refractivity contribution in [1.29, 1.82) is 0 Å². The lowest BCUT2D eigenvalue weighted by atomic mass is 10.1. The highest BCUT2D eigenvalue weighted by Gasteiger charge is 2.15. The van der Waals surface area contributed by atoms with Gasteiger partial charge in [-0.2, -0.15) is 0 Å². The van der Waals surface area contributed by atoms with Crippen LogP contribution >= 0.6 is 0 Å². The zero-order valence-electron chi connectivity index (χ0n) is 11.1. The fraction of sp³-hybridized carbons (Fsp3) is 0.188. The normalized spacial score (nSPS) is 11.9. The van der Waals surface area contributed by atoms with E-state index in [0.717, 1.165) is 5.69 Å². The average molecular weight is 255 g/mol. The largest absolute Gasteiger partial charge is 0.291 e. The number of Topliss-reactive ketones (excluding diaryl/α,β-unsaturated/α-hetero) is 1. The van der Waals surface area contributed by atoms with Crippen molar-refractivity contribution in [3.05, 3.63) is 65.7 Å². The summed E-state index contributed by atoms with van der Waals surface area (Å²) in [6, 6.07) is 16.9. The summed E-state index contributed by atoms with van der Waals surface area (Å²) in [7, 11) is 0. The fourth-order valence-electron chi connectivity index (χ4n) is 1.67. The molecule has 0 bridgehead atoms. The topological polar surface area (TPSA) is 38.3 Å². The Bertz CT molecular complexity index is 534. The lowest BCUT2D eigenvalue weighted by Gasteiger charge is -2.13. The minimum atomic E-state index is -0.538. The molecule has 1 atom stereocenters. The van der Waals surface area contributed by atoms with Crippen LogP contribution in [0.4, 0.5) is 5.69 Å². The predicted octanol–water partition coefficient (Wildman–Crippen LogP) is 3.61. The molecule has 0 aliphatic rings. The molecular formula is C16H17NO2. The molecule has 0 aromatic heterocycles. The summed E-state index contributed by atoms with van der Waals surface area (Å²) in [5.41, 5.74) is 5.47. The van der Waals surface area contributed by atoms with Crippen molar-refractivity contribution in [1.82, 2.24) is 0 Å². The van der Waals surface area contributed by atoms with E-state index >= 15 is 0 Å². The van der Waals surface area contributed by atoms with Crippen LogP contribution in [0.3, 0.4) is 0 Å². The highest BCUT2D eigenvalue weighted by molar-refractivity contribution is 5.99. The van der Waals surface area contributed by atoms with Crippen LogP contribution in [0.5, 0.6) is 0 Å². The maximum absolute atomic E-state index is 12.1. The van der Waals surface area contributed by atoms with Crippen LogP contribution in [0.15, 0.2) is 54.6 Å². The van der Waals surface area contributed by atoms with E-state index in [1.54, 1.807) is 19.1 Å². The molecule has 98 valence electrons. The first-order valence-electron chi connectivity index (χ1n) is 6.24. The number of aryl methyl sites for hydroxylation is 1. The molecule has 0 spiro atoms. The summed E-state index contributed by atoms with van der Waals surface area (Å²) in [5, 5.41) is 0. The molecule has 0 radical (unpaired) electrons. The van der Waals surface area contributed by atoms with Gasteiger partial charge in [0.05, 0.1) is 5.69 Å². The van der Waals surface area contributed by atoms with Gasteiger partial charge in [-0.3, -0.25) is 15.1 Å². The van der Waals surface area contributed by atoms with Gasteiger partial charge in [0.1, 0.15) is 6.10 Å². The van der Waals surface area contributed by atoms with E-state index in [0.29, 0.717) is 5.56 Å². The molecule has 2 aromatic carbocycles. The van der Waals surface area contributed by atoms with Crippen molar-refractivity contribution in [2.75, 3.05) is 5.48 Å². The van der Waals surface area contributed by atoms with Gasteiger partial charge in [-0.1, -0.05) is 48.0 Å².